The van der Waals surface area contributed by atoms with Crippen LogP contribution < -0.4 is 0 Å². The number of thioether (sulfide) groups is 1. The van der Waals surface area contributed by atoms with E-state index in [1.807, 2.05) is 30.5 Å². The van der Waals surface area contributed by atoms with Crippen molar-refractivity contribution in [1.82, 2.24) is 15.0 Å². The van der Waals surface area contributed by atoms with E-state index in [-0.39, 0.29) is 5.78 Å². The maximum absolute atomic E-state index is 12.7. The third kappa shape index (κ3) is 2.48. The molecule has 0 amide bonds. The number of hydrogen-bond acceptors (Lipinski definition) is 5. The molecule has 0 spiro atoms. The summed E-state index contributed by atoms with van der Waals surface area (Å²) in [7, 11) is 0. The van der Waals surface area contributed by atoms with Crippen LogP contribution in [-0.4, -0.2) is 26.5 Å². The molecule has 124 valence electrons. The highest BCUT2D eigenvalue weighted by Crippen LogP contribution is 2.40. The second-order valence-electron chi connectivity index (χ2n) is 6.18. The Kier molecular flexibility index (Phi) is 3.60. The zero-order valence-corrected chi connectivity index (χ0v) is 15.0. The van der Waals surface area contributed by atoms with Gasteiger partial charge >= 0.3 is 0 Å². The lowest BCUT2D eigenvalue weighted by Crippen LogP contribution is -2.02. The molecule has 3 aromatic heterocycles. The number of aromatic nitrogens is 3. The van der Waals surface area contributed by atoms with Gasteiger partial charge in [-0.15, -0.1) is 11.3 Å². The van der Waals surface area contributed by atoms with Crippen LogP contribution in [0, 0.1) is 0 Å². The van der Waals surface area contributed by atoms with Crippen LogP contribution in [-0.2, 0) is 12.8 Å². The molecule has 0 atom stereocenters. The van der Waals surface area contributed by atoms with Crippen LogP contribution in [0.5, 0.6) is 0 Å². The molecule has 1 aliphatic rings. The second kappa shape index (κ2) is 5.97. The van der Waals surface area contributed by atoms with Crippen molar-refractivity contribution in [3.05, 3.63) is 52.8 Å². The summed E-state index contributed by atoms with van der Waals surface area (Å²) in [6.45, 7) is 0. The smallest absolute Gasteiger partial charge is 0.175 e. The summed E-state index contributed by atoms with van der Waals surface area (Å²) in [5, 5.41) is 3.10. The minimum absolute atomic E-state index is 0.126. The number of para-hydroxylation sites is 1. The standard InChI is InChI=1S/C19H15N3OS2/c23-15(13-8-20-14-6-2-1-4-11(13)14)9-24-18-17-12-5-3-7-16(12)25-19(17)22-10-21-18/h1-2,4,6,8,10,20H,3,5,7,9H2. The number of benzene rings is 1. The van der Waals surface area contributed by atoms with Gasteiger partial charge in [-0.25, -0.2) is 9.97 Å². The highest BCUT2D eigenvalue weighted by molar-refractivity contribution is 8.00. The van der Waals surface area contributed by atoms with Gasteiger partial charge < -0.3 is 4.98 Å². The van der Waals surface area contributed by atoms with E-state index in [1.54, 1.807) is 17.7 Å². The van der Waals surface area contributed by atoms with Crippen molar-refractivity contribution < 1.29 is 4.79 Å². The number of hydrogen-bond donors (Lipinski definition) is 1. The van der Waals surface area contributed by atoms with E-state index in [4.69, 9.17) is 0 Å². The molecule has 0 fully saturated rings. The van der Waals surface area contributed by atoms with Crippen molar-refractivity contribution in [3.63, 3.8) is 0 Å². The average molecular weight is 365 g/mol. The lowest BCUT2D eigenvalue weighted by Gasteiger charge is -2.03. The number of carbonyl (C=O) groups is 1. The number of fused-ring (bicyclic) bond motifs is 4. The monoisotopic (exact) mass is 365 g/mol. The van der Waals surface area contributed by atoms with Gasteiger partial charge in [0.1, 0.15) is 16.2 Å². The highest BCUT2D eigenvalue weighted by Gasteiger charge is 2.22. The largest absolute Gasteiger partial charge is 0.360 e. The third-order valence-electron chi connectivity index (χ3n) is 4.70. The Morgan fingerprint density at radius 1 is 1.24 bits per heavy atom. The fraction of sp³-hybridized carbons (Fsp3) is 0.211. The van der Waals surface area contributed by atoms with Gasteiger partial charge in [-0.3, -0.25) is 4.79 Å². The maximum Gasteiger partial charge on any atom is 0.175 e. The molecule has 1 N–H and O–H groups in total. The van der Waals surface area contributed by atoms with Gasteiger partial charge in [-0.2, -0.15) is 0 Å². The molecule has 25 heavy (non-hydrogen) atoms. The number of nitrogens with zero attached hydrogens (tertiary/aromatic N) is 2. The summed E-state index contributed by atoms with van der Waals surface area (Å²) in [5.41, 5.74) is 3.16. The Bertz CT molecular complexity index is 1110. The van der Waals surface area contributed by atoms with Crippen molar-refractivity contribution in [1.29, 1.82) is 0 Å². The Morgan fingerprint density at radius 3 is 3.12 bits per heavy atom. The molecule has 4 nitrogen and oxygen atoms in total. The van der Waals surface area contributed by atoms with Gasteiger partial charge in [0.05, 0.1) is 5.75 Å². The van der Waals surface area contributed by atoms with Crippen molar-refractivity contribution >= 4 is 50.0 Å². The predicted molar refractivity (Wildman–Crippen MR) is 103 cm³/mol. The van der Waals surface area contributed by atoms with Crippen LogP contribution in [0.15, 0.2) is 41.8 Å². The minimum Gasteiger partial charge on any atom is -0.360 e. The summed E-state index contributed by atoms with van der Waals surface area (Å²) >= 11 is 3.31. The lowest BCUT2D eigenvalue weighted by atomic mass is 10.1. The van der Waals surface area contributed by atoms with Crippen LogP contribution in [0.1, 0.15) is 27.2 Å². The number of H-pyrrole nitrogens is 1. The molecule has 0 saturated heterocycles. The number of thiophene rings is 1. The summed E-state index contributed by atoms with van der Waals surface area (Å²) in [4.78, 5) is 27.3. The SMILES string of the molecule is O=C(CSc1ncnc2sc3c(c12)CCC3)c1c[nH]c2ccccc12. The molecule has 0 bridgehead atoms. The van der Waals surface area contributed by atoms with Gasteiger partial charge in [0.25, 0.3) is 0 Å². The van der Waals surface area contributed by atoms with Crippen molar-refractivity contribution in [2.75, 3.05) is 5.75 Å². The molecular formula is C19H15N3OS2. The Morgan fingerprint density at radius 2 is 2.16 bits per heavy atom. The zero-order valence-electron chi connectivity index (χ0n) is 13.4. The fourth-order valence-electron chi connectivity index (χ4n) is 3.52. The molecule has 0 unspecified atom stereocenters. The van der Waals surface area contributed by atoms with Gasteiger partial charge in [-0.05, 0) is 30.9 Å². The summed E-state index contributed by atoms with van der Waals surface area (Å²) in [6, 6.07) is 7.90. The van der Waals surface area contributed by atoms with Crippen molar-refractivity contribution in [2.45, 2.75) is 24.3 Å². The lowest BCUT2D eigenvalue weighted by molar-refractivity contribution is 0.102. The zero-order chi connectivity index (χ0) is 16.8. The van der Waals surface area contributed by atoms with E-state index in [2.05, 4.69) is 15.0 Å². The van der Waals surface area contributed by atoms with Crippen LogP contribution >= 0.6 is 23.1 Å². The Hall–Kier alpha value is -2.18. The number of ketones is 1. The molecule has 6 heteroatoms. The number of nitrogens with one attached hydrogen (secondary N) is 1. The maximum atomic E-state index is 12.7. The summed E-state index contributed by atoms with van der Waals surface area (Å²) in [6.07, 6.45) is 6.89. The number of rotatable bonds is 4. The van der Waals surface area contributed by atoms with E-state index in [0.717, 1.165) is 39.2 Å². The molecular weight excluding hydrogens is 350 g/mol. The van der Waals surface area contributed by atoms with Crippen molar-refractivity contribution in [3.8, 4) is 0 Å². The fourth-order valence-corrected chi connectivity index (χ4v) is 5.73. The summed E-state index contributed by atoms with van der Waals surface area (Å²) in [5.74, 6) is 0.513. The number of aryl methyl sites for hydroxylation is 2. The molecule has 5 rings (SSSR count). The molecule has 0 aliphatic heterocycles. The molecule has 1 aromatic carbocycles. The van der Waals surface area contributed by atoms with Crippen LogP contribution in [0.3, 0.4) is 0 Å². The minimum atomic E-state index is 0.126. The van der Waals surface area contributed by atoms with E-state index < -0.39 is 0 Å². The first-order valence-electron chi connectivity index (χ1n) is 8.28. The normalized spacial score (nSPS) is 13.6. The quantitative estimate of drug-likeness (QED) is 0.325. The van der Waals surface area contributed by atoms with Gasteiger partial charge in [0.15, 0.2) is 5.78 Å². The molecule has 1 aliphatic carbocycles. The molecule has 0 radical (unpaired) electrons. The molecule has 4 aromatic rings. The number of aromatic amines is 1. The first-order chi connectivity index (χ1) is 12.3. The average Bonchev–Trinajstić information content (AvgIpc) is 3.33. The van der Waals surface area contributed by atoms with E-state index >= 15 is 0 Å². The van der Waals surface area contributed by atoms with E-state index in [1.165, 1.54) is 34.0 Å². The van der Waals surface area contributed by atoms with Gasteiger partial charge in [-0.1, -0.05) is 30.0 Å². The molecule has 3 heterocycles. The third-order valence-corrected chi connectivity index (χ3v) is 6.89. The Balaban J connectivity index is 1.45. The summed E-state index contributed by atoms with van der Waals surface area (Å²) < 4.78 is 0. The first-order valence-corrected chi connectivity index (χ1v) is 10.1. The van der Waals surface area contributed by atoms with Gasteiger partial charge in [0, 0.05) is 32.9 Å². The van der Waals surface area contributed by atoms with E-state index in [9.17, 15) is 4.79 Å². The van der Waals surface area contributed by atoms with Crippen LogP contribution in [0.25, 0.3) is 21.1 Å². The van der Waals surface area contributed by atoms with Crippen LogP contribution in [0.2, 0.25) is 0 Å². The van der Waals surface area contributed by atoms with Crippen molar-refractivity contribution in [2.24, 2.45) is 0 Å². The number of carbonyl (C=O) groups excluding carboxylic acids is 1. The predicted octanol–water partition coefficient (Wildman–Crippen LogP) is 4.64. The second-order valence-corrected chi connectivity index (χ2v) is 8.22. The highest BCUT2D eigenvalue weighted by atomic mass is 32.2. The first kappa shape index (κ1) is 15.1. The molecule has 0 saturated carbocycles. The Labute approximate surface area is 152 Å². The van der Waals surface area contributed by atoms with Gasteiger partial charge in [0.2, 0.25) is 0 Å². The topological polar surface area (TPSA) is 58.6 Å². The van der Waals surface area contributed by atoms with E-state index in [0.29, 0.717) is 5.75 Å². The van der Waals surface area contributed by atoms with Crippen LogP contribution in [0.4, 0.5) is 0 Å². The number of Topliss-reactive ketones (excluding diaryl/α,β-unsaturated/α-hetero) is 1.